The molecule has 0 unspecified atom stereocenters. The molecule has 1 aliphatic heterocycles. The van der Waals surface area contributed by atoms with Crippen LogP contribution in [0.4, 0.5) is 5.95 Å². The molecule has 0 amide bonds. The number of anilines is 1. The largest absolute Gasteiger partial charge is 0.394 e. The van der Waals surface area contributed by atoms with Gasteiger partial charge in [0, 0.05) is 4.91 Å². The number of aromatic nitrogens is 4. The summed E-state index contributed by atoms with van der Waals surface area (Å²) < 4.78 is 12.1. The fourth-order valence-corrected chi connectivity index (χ4v) is 2.58. The maximum Gasteiger partial charge on any atom is 0.280 e. The number of rotatable bonds is 5. The molecular formula is C11H14N8O5. The molecule has 1 fully saturated rings. The summed E-state index contributed by atoms with van der Waals surface area (Å²) in [5, 5.41) is 23.0. The van der Waals surface area contributed by atoms with Gasteiger partial charge >= 0.3 is 0 Å². The second kappa shape index (κ2) is 6.43. The molecule has 2 aromatic heterocycles. The molecule has 3 rings (SSSR count). The van der Waals surface area contributed by atoms with Crippen molar-refractivity contribution in [1.82, 2.24) is 19.5 Å². The standard InChI is InChI=1S/C11H14N8O5/c12-11-16-8-5(9(22)17-11)14-2-19(8)10-6(21)7(4(1-20)24-10)23-3-15-18-13/h2,4,6-7,10,20-21H,1,3H2,(H3,12,16,17,22)/t4-,6-,7-,10-/m1/s1. The lowest BCUT2D eigenvalue weighted by atomic mass is 10.1. The van der Waals surface area contributed by atoms with Crippen molar-refractivity contribution in [1.29, 1.82) is 0 Å². The number of aromatic amines is 1. The van der Waals surface area contributed by atoms with E-state index in [4.69, 9.17) is 20.7 Å². The van der Waals surface area contributed by atoms with Gasteiger partial charge in [-0.1, -0.05) is 5.11 Å². The Morgan fingerprint density at radius 2 is 2.42 bits per heavy atom. The quantitative estimate of drug-likeness (QED) is 0.290. The lowest BCUT2D eigenvalue weighted by Crippen LogP contribution is -2.36. The molecule has 1 aliphatic rings. The zero-order chi connectivity index (χ0) is 17.3. The minimum Gasteiger partial charge on any atom is -0.394 e. The van der Waals surface area contributed by atoms with Crippen molar-refractivity contribution in [2.45, 2.75) is 24.5 Å². The highest BCUT2D eigenvalue weighted by atomic mass is 16.6. The first kappa shape index (κ1) is 16.2. The van der Waals surface area contributed by atoms with Crippen molar-refractivity contribution in [3.05, 3.63) is 27.1 Å². The second-order valence-corrected chi connectivity index (χ2v) is 5.00. The van der Waals surface area contributed by atoms with Crippen molar-refractivity contribution in [3.63, 3.8) is 0 Å². The van der Waals surface area contributed by atoms with Gasteiger partial charge in [-0.3, -0.25) is 14.3 Å². The van der Waals surface area contributed by atoms with Gasteiger partial charge in [-0.15, -0.1) is 0 Å². The number of H-pyrrole nitrogens is 1. The predicted molar refractivity (Wildman–Crippen MR) is 78.4 cm³/mol. The minimum atomic E-state index is -1.23. The third kappa shape index (κ3) is 2.66. The first-order valence-electron chi connectivity index (χ1n) is 6.86. The molecule has 24 heavy (non-hydrogen) atoms. The van der Waals surface area contributed by atoms with Gasteiger partial charge in [0.15, 0.2) is 17.4 Å². The molecular weight excluding hydrogens is 324 g/mol. The zero-order valence-corrected chi connectivity index (χ0v) is 12.2. The summed E-state index contributed by atoms with van der Waals surface area (Å²) in [7, 11) is 0. The summed E-state index contributed by atoms with van der Waals surface area (Å²) in [5.41, 5.74) is 13.4. The van der Waals surface area contributed by atoms with E-state index in [1.54, 1.807) is 0 Å². The summed E-state index contributed by atoms with van der Waals surface area (Å²) >= 11 is 0. The summed E-state index contributed by atoms with van der Waals surface area (Å²) in [5.74, 6) is -0.114. The van der Waals surface area contributed by atoms with Gasteiger partial charge in [0.1, 0.15) is 25.0 Å². The minimum absolute atomic E-state index is 0.0268. The van der Waals surface area contributed by atoms with Gasteiger partial charge in [-0.25, -0.2) is 4.98 Å². The Morgan fingerprint density at radius 3 is 3.12 bits per heavy atom. The fraction of sp³-hybridized carbons (Fsp3) is 0.545. The summed E-state index contributed by atoms with van der Waals surface area (Å²) in [6.07, 6.45) is -2.78. The average Bonchev–Trinajstić information content (AvgIpc) is 3.09. The number of hydrogen-bond donors (Lipinski definition) is 4. The number of imidazole rings is 1. The topological polar surface area (TPSA) is 197 Å². The van der Waals surface area contributed by atoms with Crippen molar-refractivity contribution in [3.8, 4) is 0 Å². The molecule has 0 aliphatic carbocycles. The van der Waals surface area contributed by atoms with E-state index in [1.165, 1.54) is 10.9 Å². The van der Waals surface area contributed by atoms with E-state index in [2.05, 4.69) is 25.0 Å². The number of fused-ring (bicyclic) bond motifs is 1. The maximum absolute atomic E-state index is 11.8. The molecule has 5 N–H and O–H groups in total. The molecule has 4 atom stereocenters. The van der Waals surface area contributed by atoms with Crippen LogP contribution in [0, 0.1) is 0 Å². The zero-order valence-electron chi connectivity index (χ0n) is 12.2. The number of nitrogens with zero attached hydrogens (tertiary/aromatic N) is 6. The number of nitrogens with two attached hydrogens (primary N) is 1. The highest BCUT2D eigenvalue weighted by molar-refractivity contribution is 5.70. The summed E-state index contributed by atoms with van der Waals surface area (Å²) in [6.45, 7) is -0.766. The van der Waals surface area contributed by atoms with Gasteiger partial charge in [-0.05, 0) is 5.53 Å². The third-order valence-corrected chi connectivity index (χ3v) is 3.60. The van der Waals surface area contributed by atoms with Gasteiger partial charge in [0.2, 0.25) is 5.95 Å². The van der Waals surface area contributed by atoms with Crippen LogP contribution in [0.3, 0.4) is 0 Å². The number of azide groups is 1. The van der Waals surface area contributed by atoms with Crippen molar-refractivity contribution in [2.75, 3.05) is 19.1 Å². The van der Waals surface area contributed by atoms with Gasteiger partial charge < -0.3 is 25.4 Å². The Balaban J connectivity index is 1.95. The molecule has 0 saturated carbocycles. The Kier molecular flexibility index (Phi) is 4.33. The van der Waals surface area contributed by atoms with Crippen LogP contribution >= 0.6 is 0 Å². The molecule has 13 heteroatoms. The third-order valence-electron chi connectivity index (χ3n) is 3.60. The monoisotopic (exact) mass is 338 g/mol. The normalized spacial score (nSPS) is 26.6. The SMILES string of the molecule is [N-]=[N+]=NCO[C@H]1[C@@H](O)[C@H](n2cnc3c(=O)[nH]c(N)nc32)O[C@@H]1CO. The van der Waals surface area contributed by atoms with E-state index in [1.807, 2.05) is 0 Å². The summed E-state index contributed by atoms with van der Waals surface area (Å²) in [6, 6.07) is 0. The van der Waals surface area contributed by atoms with Crippen LogP contribution in [-0.2, 0) is 9.47 Å². The lowest BCUT2D eigenvalue weighted by molar-refractivity contribution is -0.0594. The molecule has 13 nitrogen and oxygen atoms in total. The van der Waals surface area contributed by atoms with Crippen LogP contribution in [0.15, 0.2) is 16.2 Å². The first-order valence-corrected chi connectivity index (χ1v) is 6.86. The van der Waals surface area contributed by atoms with E-state index >= 15 is 0 Å². The van der Waals surface area contributed by atoms with Crippen LogP contribution in [0.2, 0.25) is 0 Å². The van der Waals surface area contributed by atoms with E-state index < -0.39 is 36.7 Å². The van der Waals surface area contributed by atoms with Crippen molar-refractivity contribution >= 4 is 17.1 Å². The Labute approximate surface area is 133 Å². The highest BCUT2D eigenvalue weighted by Gasteiger charge is 2.45. The molecule has 3 heterocycles. The number of ether oxygens (including phenoxy) is 2. The van der Waals surface area contributed by atoms with Gasteiger partial charge in [-0.2, -0.15) is 4.98 Å². The molecule has 0 spiro atoms. The smallest absolute Gasteiger partial charge is 0.280 e. The van der Waals surface area contributed by atoms with Gasteiger partial charge in [0.25, 0.3) is 5.56 Å². The number of hydrogen-bond acceptors (Lipinski definition) is 9. The van der Waals surface area contributed by atoms with Crippen LogP contribution in [0.5, 0.6) is 0 Å². The predicted octanol–water partition coefficient (Wildman–Crippen LogP) is -1.39. The maximum atomic E-state index is 11.8. The van der Waals surface area contributed by atoms with E-state index in [0.717, 1.165) is 0 Å². The van der Waals surface area contributed by atoms with E-state index in [0.29, 0.717) is 0 Å². The van der Waals surface area contributed by atoms with Crippen molar-refractivity contribution in [2.24, 2.45) is 5.11 Å². The molecule has 128 valence electrons. The number of nitrogens with one attached hydrogen (secondary N) is 1. The Bertz CT molecular complexity index is 843. The van der Waals surface area contributed by atoms with E-state index in [-0.39, 0.29) is 23.8 Å². The fourth-order valence-electron chi connectivity index (χ4n) is 2.58. The summed E-state index contributed by atoms with van der Waals surface area (Å²) in [4.78, 5) is 24.6. The van der Waals surface area contributed by atoms with Crippen LogP contribution < -0.4 is 11.3 Å². The highest BCUT2D eigenvalue weighted by Crippen LogP contribution is 2.32. The van der Waals surface area contributed by atoms with E-state index in [9.17, 15) is 15.0 Å². The van der Waals surface area contributed by atoms with Crippen molar-refractivity contribution < 1.29 is 19.7 Å². The number of aliphatic hydroxyl groups is 2. The number of nitrogen functional groups attached to an aromatic ring is 1. The second-order valence-electron chi connectivity index (χ2n) is 5.00. The number of aliphatic hydroxyl groups excluding tert-OH is 2. The van der Waals surface area contributed by atoms with Crippen LogP contribution in [0.25, 0.3) is 21.6 Å². The average molecular weight is 338 g/mol. The molecule has 0 bridgehead atoms. The Morgan fingerprint density at radius 1 is 1.62 bits per heavy atom. The molecule has 0 aromatic carbocycles. The molecule has 1 saturated heterocycles. The lowest BCUT2D eigenvalue weighted by Gasteiger charge is -2.18. The molecule has 0 radical (unpaired) electrons. The van der Waals surface area contributed by atoms with Crippen LogP contribution in [0.1, 0.15) is 6.23 Å². The molecule has 2 aromatic rings. The Hall–Kier alpha value is -2.70. The van der Waals surface area contributed by atoms with Gasteiger partial charge in [0.05, 0.1) is 12.9 Å². The first-order chi connectivity index (χ1) is 11.6. The van der Waals surface area contributed by atoms with Crippen LogP contribution in [-0.4, -0.2) is 61.4 Å².